The van der Waals surface area contributed by atoms with Gasteiger partial charge in [-0.05, 0) is 37.1 Å². The van der Waals surface area contributed by atoms with Crippen LogP contribution in [-0.4, -0.2) is 31.7 Å². The molecule has 0 aliphatic carbocycles. The molecule has 0 aromatic heterocycles. The van der Waals surface area contributed by atoms with E-state index in [4.69, 9.17) is 4.74 Å². The van der Waals surface area contributed by atoms with E-state index in [9.17, 15) is 9.59 Å². The summed E-state index contributed by atoms with van der Waals surface area (Å²) in [4.78, 5) is 25.5. The summed E-state index contributed by atoms with van der Waals surface area (Å²) in [6.07, 6.45) is 0.415. The minimum Gasteiger partial charge on any atom is -0.447 e. The van der Waals surface area contributed by atoms with Crippen LogP contribution in [0, 0.1) is 6.92 Å². The van der Waals surface area contributed by atoms with Crippen molar-refractivity contribution in [3.05, 3.63) is 65.2 Å². The van der Waals surface area contributed by atoms with Gasteiger partial charge in [-0.2, -0.15) is 0 Å². The highest BCUT2D eigenvalue weighted by atomic mass is 16.6. The van der Waals surface area contributed by atoms with Gasteiger partial charge in [-0.25, -0.2) is 4.79 Å². The minimum absolute atomic E-state index is 0.142. The number of hydrogen-bond acceptors (Lipinski definition) is 3. The van der Waals surface area contributed by atoms with Gasteiger partial charge < -0.3 is 10.1 Å². The highest BCUT2D eigenvalue weighted by molar-refractivity contribution is 5.97. The zero-order chi connectivity index (χ0) is 16.9. The van der Waals surface area contributed by atoms with Gasteiger partial charge in [0.15, 0.2) is 0 Å². The van der Waals surface area contributed by atoms with Crippen molar-refractivity contribution in [1.82, 2.24) is 5.32 Å². The lowest BCUT2D eigenvalue weighted by Gasteiger charge is -2.13. The SMILES string of the molecule is Cc1cccc(CCNC(=O)c2cccc(N3CCOC3=O)c2)c1. The topological polar surface area (TPSA) is 58.6 Å². The van der Waals surface area contributed by atoms with Gasteiger partial charge in [-0.3, -0.25) is 9.69 Å². The molecule has 124 valence electrons. The van der Waals surface area contributed by atoms with E-state index >= 15 is 0 Å². The van der Waals surface area contributed by atoms with Crippen LogP contribution >= 0.6 is 0 Å². The lowest BCUT2D eigenvalue weighted by molar-refractivity contribution is 0.0954. The number of benzene rings is 2. The molecule has 1 saturated heterocycles. The van der Waals surface area contributed by atoms with Crippen molar-refractivity contribution < 1.29 is 14.3 Å². The van der Waals surface area contributed by atoms with E-state index in [-0.39, 0.29) is 12.0 Å². The molecule has 5 nitrogen and oxygen atoms in total. The Bertz CT molecular complexity index is 758. The molecule has 2 aromatic rings. The van der Waals surface area contributed by atoms with E-state index in [1.807, 2.05) is 6.07 Å². The molecule has 1 fully saturated rings. The highest BCUT2D eigenvalue weighted by Gasteiger charge is 2.23. The fourth-order valence-electron chi connectivity index (χ4n) is 2.73. The molecular weight excluding hydrogens is 304 g/mol. The summed E-state index contributed by atoms with van der Waals surface area (Å²) >= 11 is 0. The summed E-state index contributed by atoms with van der Waals surface area (Å²) in [5, 5.41) is 2.92. The summed E-state index contributed by atoms with van der Waals surface area (Å²) < 4.78 is 4.93. The largest absolute Gasteiger partial charge is 0.447 e. The summed E-state index contributed by atoms with van der Waals surface area (Å²) in [6.45, 7) is 3.51. The van der Waals surface area contributed by atoms with Crippen LogP contribution in [0.25, 0.3) is 0 Å². The maximum absolute atomic E-state index is 12.3. The molecule has 0 unspecified atom stereocenters. The van der Waals surface area contributed by atoms with E-state index in [1.165, 1.54) is 16.0 Å². The smallest absolute Gasteiger partial charge is 0.414 e. The number of hydrogen-bond donors (Lipinski definition) is 1. The maximum Gasteiger partial charge on any atom is 0.414 e. The maximum atomic E-state index is 12.3. The Morgan fingerprint density at radius 1 is 1.21 bits per heavy atom. The van der Waals surface area contributed by atoms with E-state index < -0.39 is 0 Å². The molecule has 0 radical (unpaired) electrons. The molecule has 2 aromatic carbocycles. The Labute approximate surface area is 141 Å². The standard InChI is InChI=1S/C19H20N2O3/c1-14-4-2-5-15(12-14)8-9-20-18(22)16-6-3-7-17(13-16)21-10-11-24-19(21)23/h2-7,12-13H,8-11H2,1H3,(H,20,22). The fraction of sp³-hybridized carbons (Fsp3) is 0.263. The number of amides is 2. The van der Waals surface area contributed by atoms with Crippen molar-refractivity contribution >= 4 is 17.7 Å². The average Bonchev–Trinajstić information content (AvgIpc) is 3.01. The predicted molar refractivity (Wildman–Crippen MR) is 92.4 cm³/mol. The third kappa shape index (κ3) is 3.74. The first-order chi connectivity index (χ1) is 11.6. The van der Waals surface area contributed by atoms with E-state index in [0.29, 0.717) is 30.9 Å². The molecule has 5 heteroatoms. The number of aryl methyl sites for hydroxylation is 1. The second-order valence-electron chi connectivity index (χ2n) is 5.81. The molecule has 0 atom stereocenters. The molecule has 0 bridgehead atoms. The molecule has 1 N–H and O–H groups in total. The van der Waals surface area contributed by atoms with Gasteiger partial charge in [0.05, 0.1) is 6.54 Å². The number of ether oxygens (including phenoxy) is 1. The molecule has 1 aliphatic rings. The molecule has 0 saturated carbocycles. The second kappa shape index (κ2) is 7.17. The molecule has 1 aliphatic heterocycles. The highest BCUT2D eigenvalue weighted by Crippen LogP contribution is 2.20. The first-order valence-corrected chi connectivity index (χ1v) is 8.01. The monoisotopic (exact) mass is 324 g/mol. The van der Waals surface area contributed by atoms with Crippen LogP contribution < -0.4 is 10.2 Å². The lowest BCUT2D eigenvalue weighted by atomic mass is 10.1. The van der Waals surface area contributed by atoms with Crippen LogP contribution in [0.2, 0.25) is 0 Å². The normalized spacial score (nSPS) is 13.7. The van der Waals surface area contributed by atoms with Crippen molar-refractivity contribution in [2.75, 3.05) is 24.6 Å². The van der Waals surface area contributed by atoms with Gasteiger partial charge in [0.25, 0.3) is 5.91 Å². The number of rotatable bonds is 5. The summed E-state index contributed by atoms with van der Waals surface area (Å²) in [5.41, 5.74) is 3.63. The van der Waals surface area contributed by atoms with Crippen molar-refractivity contribution in [2.45, 2.75) is 13.3 Å². The third-order valence-electron chi connectivity index (χ3n) is 3.96. The van der Waals surface area contributed by atoms with Crippen LogP contribution in [-0.2, 0) is 11.2 Å². The summed E-state index contributed by atoms with van der Waals surface area (Å²) in [5.74, 6) is -0.142. The molecule has 0 spiro atoms. The average molecular weight is 324 g/mol. The Kier molecular flexibility index (Phi) is 4.79. The number of anilines is 1. The Morgan fingerprint density at radius 3 is 2.79 bits per heavy atom. The van der Waals surface area contributed by atoms with E-state index in [0.717, 1.165) is 6.42 Å². The van der Waals surface area contributed by atoms with Crippen LogP contribution in [0.1, 0.15) is 21.5 Å². The van der Waals surface area contributed by atoms with Crippen molar-refractivity contribution in [1.29, 1.82) is 0 Å². The fourth-order valence-corrected chi connectivity index (χ4v) is 2.73. The van der Waals surface area contributed by atoms with Gasteiger partial charge >= 0.3 is 6.09 Å². The number of carbonyl (C=O) groups is 2. The minimum atomic E-state index is -0.369. The Balaban J connectivity index is 1.60. The molecule has 3 rings (SSSR count). The zero-order valence-electron chi connectivity index (χ0n) is 13.6. The van der Waals surface area contributed by atoms with E-state index in [2.05, 4.69) is 30.4 Å². The number of nitrogens with zero attached hydrogens (tertiary/aromatic N) is 1. The number of nitrogens with one attached hydrogen (secondary N) is 1. The van der Waals surface area contributed by atoms with Gasteiger partial charge in [0, 0.05) is 17.8 Å². The lowest BCUT2D eigenvalue weighted by Crippen LogP contribution is -2.27. The summed E-state index contributed by atoms with van der Waals surface area (Å²) in [6, 6.07) is 15.3. The first kappa shape index (κ1) is 16.1. The van der Waals surface area contributed by atoms with Crippen molar-refractivity contribution in [3.8, 4) is 0 Å². The van der Waals surface area contributed by atoms with Gasteiger partial charge in [-0.15, -0.1) is 0 Å². The number of cyclic esters (lactones) is 1. The number of carbonyl (C=O) groups excluding carboxylic acids is 2. The summed E-state index contributed by atoms with van der Waals surface area (Å²) in [7, 11) is 0. The van der Waals surface area contributed by atoms with Crippen molar-refractivity contribution in [2.24, 2.45) is 0 Å². The molecule has 1 heterocycles. The van der Waals surface area contributed by atoms with Crippen LogP contribution in [0.5, 0.6) is 0 Å². The Morgan fingerprint density at radius 2 is 2.04 bits per heavy atom. The molecular formula is C19H20N2O3. The van der Waals surface area contributed by atoms with Crippen LogP contribution in [0.15, 0.2) is 48.5 Å². The molecule has 2 amide bonds. The molecule has 24 heavy (non-hydrogen) atoms. The van der Waals surface area contributed by atoms with Crippen LogP contribution in [0.4, 0.5) is 10.5 Å². The third-order valence-corrected chi connectivity index (χ3v) is 3.96. The zero-order valence-corrected chi connectivity index (χ0v) is 13.6. The van der Waals surface area contributed by atoms with Gasteiger partial charge in [0.1, 0.15) is 6.61 Å². The Hall–Kier alpha value is -2.82. The first-order valence-electron chi connectivity index (χ1n) is 8.01. The second-order valence-corrected chi connectivity index (χ2v) is 5.81. The predicted octanol–water partition coefficient (Wildman–Crippen LogP) is 2.92. The van der Waals surface area contributed by atoms with Crippen molar-refractivity contribution in [3.63, 3.8) is 0 Å². The van der Waals surface area contributed by atoms with Gasteiger partial charge in [-0.1, -0.05) is 35.9 Å². The van der Waals surface area contributed by atoms with Gasteiger partial charge in [0.2, 0.25) is 0 Å². The quantitative estimate of drug-likeness (QED) is 0.920. The van der Waals surface area contributed by atoms with Crippen LogP contribution in [0.3, 0.4) is 0 Å². The van der Waals surface area contributed by atoms with E-state index in [1.54, 1.807) is 24.3 Å².